The number of carbonyl (C=O) groups is 4. The smallest absolute Gasteiger partial charge is 0.292 e. The molecule has 41 heavy (non-hydrogen) atoms. The summed E-state index contributed by atoms with van der Waals surface area (Å²) in [5.74, 6) is -2.14. The molecule has 212 valence electrons. The van der Waals surface area contributed by atoms with Gasteiger partial charge in [0.1, 0.15) is 0 Å². The summed E-state index contributed by atoms with van der Waals surface area (Å²) in [6.07, 6.45) is 4.54. The summed E-state index contributed by atoms with van der Waals surface area (Å²) in [5, 5.41) is 7.56. The first-order valence-electron chi connectivity index (χ1n) is 14.2. The van der Waals surface area contributed by atoms with Gasteiger partial charge in [-0.1, -0.05) is 38.1 Å². The van der Waals surface area contributed by atoms with E-state index in [4.69, 9.17) is 0 Å². The number of ketones is 2. The van der Waals surface area contributed by atoms with Crippen molar-refractivity contribution in [3.63, 3.8) is 0 Å². The van der Waals surface area contributed by atoms with Crippen LogP contribution in [0.1, 0.15) is 87.5 Å². The number of fused-ring (bicyclic) bond motifs is 2. The van der Waals surface area contributed by atoms with Gasteiger partial charge < -0.3 is 10.6 Å². The molecule has 2 N–H and O–H groups in total. The molecule has 0 atom stereocenters. The maximum absolute atomic E-state index is 12.7. The highest BCUT2D eigenvalue weighted by Crippen LogP contribution is 2.49. The van der Waals surface area contributed by atoms with Crippen molar-refractivity contribution in [1.82, 2.24) is 10.6 Å². The standard InChI is InChI=1S/C33H34N2O4S2/c1-5-14-34-32(38)30(36)20-10-12-24-26(16-20)40-18(3)28(24)22-8-7-9-23(22)29-19(4)41-27-17-21(11-13-25(27)29)31(37)33(39)35-15-6-2/h10-13,16-17H,5-9,14-15H2,1-4H3,(H,34,38)(H,35,39). The van der Waals surface area contributed by atoms with Crippen molar-refractivity contribution in [3.05, 3.63) is 68.4 Å². The molecule has 0 spiro atoms. The molecule has 0 unspecified atom stereocenters. The fourth-order valence-electron chi connectivity index (χ4n) is 5.67. The lowest BCUT2D eigenvalue weighted by molar-refractivity contribution is -0.117. The van der Waals surface area contributed by atoms with Gasteiger partial charge in [0.05, 0.1) is 0 Å². The highest BCUT2D eigenvalue weighted by Gasteiger charge is 2.27. The topological polar surface area (TPSA) is 92.3 Å². The third kappa shape index (κ3) is 5.51. The Kier molecular flexibility index (Phi) is 8.52. The monoisotopic (exact) mass is 586 g/mol. The number of rotatable bonds is 10. The molecule has 0 fully saturated rings. The van der Waals surface area contributed by atoms with Crippen molar-refractivity contribution in [2.24, 2.45) is 0 Å². The van der Waals surface area contributed by atoms with Crippen LogP contribution >= 0.6 is 22.7 Å². The van der Waals surface area contributed by atoms with Crippen molar-refractivity contribution in [1.29, 1.82) is 0 Å². The summed E-state index contributed by atoms with van der Waals surface area (Å²) in [7, 11) is 0. The lowest BCUT2D eigenvalue weighted by atomic mass is 9.93. The zero-order valence-corrected chi connectivity index (χ0v) is 25.5. The molecule has 0 saturated carbocycles. The SMILES string of the molecule is CCCNC(=O)C(=O)c1ccc2c(C3=C(c4c(C)sc5cc(C(=O)C(=O)NCCC)ccc45)CCC3)c(C)sc2c1. The molecule has 2 heterocycles. The fourth-order valence-corrected chi connectivity index (χ4v) is 7.93. The molecular weight excluding hydrogens is 553 g/mol. The molecule has 2 amide bonds. The Labute approximate surface area is 247 Å². The molecular formula is C33H34N2O4S2. The summed E-state index contributed by atoms with van der Waals surface area (Å²) in [4.78, 5) is 52.3. The molecule has 0 aliphatic heterocycles. The molecule has 2 aromatic heterocycles. The van der Waals surface area contributed by atoms with Crippen molar-refractivity contribution in [2.75, 3.05) is 13.1 Å². The molecule has 0 saturated heterocycles. The Balaban J connectivity index is 1.53. The van der Waals surface area contributed by atoms with E-state index in [1.165, 1.54) is 32.0 Å². The van der Waals surface area contributed by atoms with Gasteiger partial charge in [-0.3, -0.25) is 19.2 Å². The van der Waals surface area contributed by atoms with Crippen molar-refractivity contribution < 1.29 is 19.2 Å². The predicted octanol–water partition coefficient (Wildman–Crippen LogP) is 7.25. The number of aryl methyl sites for hydroxylation is 2. The Morgan fingerprint density at radius 3 is 1.49 bits per heavy atom. The van der Waals surface area contributed by atoms with E-state index >= 15 is 0 Å². The molecule has 1 aliphatic carbocycles. The van der Waals surface area contributed by atoms with Crippen LogP contribution in [0, 0.1) is 13.8 Å². The largest absolute Gasteiger partial charge is 0.349 e. The average Bonchev–Trinajstić information content (AvgIpc) is 3.65. The maximum atomic E-state index is 12.7. The molecule has 1 aliphatic rings. The van der Waals surface area contributed by atoms with Gasteiger partial charge in [-0.2, -0.15) is 0 Å². The van der Waals surface area contributed by atoms with Crippen molar-refractivity contribution in [3.8, 4) is 0 Å². The minimum atomic E-state index is -0.563. The van der Waals surface area contributed by atoms with E-state index in [-0.39, 0.29) is 0 Å². The number of hydrogen-bond acceptors (Lipinski definition) is 6. The Hall–Kier alpha value is -3.62. The zero-order chi connectivity index (χ0) is 29.3. The van der Waals surface area contributed by atoms with Gasteiger partial charge in [0.15, 0.2) is 0 Å². The number of thiophene rings is 2. The zero-order valence-electron chi connectivity index (χ0n) is 23.9. The van der Waals surface area contributed by atoms with E-state index in [0.717, 1.165) is 52.3 Å². The summed E-state index contributed by atoms with van der Waals surface area (Å²) in [6, 6.07) is 11.2. The van der Waals surface area contributed by atoms with Gasteiger partial charge in [-0.25, -0.2) is 0 Å². The number of benzene rings is 2. The summed E-state index contributed by atoms with van der Waals surface area (Å²) < 4.78 is 2.00. The highest BCUT2D eigenvalue weighted by molar-refractivity contribution is 7.19. The number of carbonyl (C=O) groups excluding carboxylic acids is 4. The minimum absolute atomic E-state index is 0.410. The number of allylic oxidation sites excluding steroid dienone is 2. The molecule has 2 aromatic carbocycles. The first-order chi connectivity index (χ1) is 19.7. The summed E-state index contributed by atoms with van der Waals surface area (Å²) >= 11 is 3.31. The van der Waals surface area contributed by atoms with Gasteiger partial charge in [0.25, 0.3) is 11.8 Å². The van der Waals surface area contributed by atoms with Crippen molar-refractivity contribution in [2.45, 2.75) is 59.8 Å². The van der Waals surface area contributed by atoms with Crippen LogP contribution in [0.15, 0.2) is 36.4 Å². The van der Waals surface area contributed by atoms with Crippen LogP contribution in [0.3, 0.4) is 0 Å². The first kappa shape index (κ1) is 28.9. The lowest BCUT2D eigenvalue weighted by Crippen LogP contribution is -2.31. The quantitative estimate of drug-likeness (QED) is 0.151. The third-order valence-electron chi connectivity index (χ3n) is 7.56. The second-order valence-electron chi connectivity index (χ2n) is 10.5. The Morgan fingerprint density at radius 1 is 0.683 bits per heavy atom. The van der Waals surface area contributed by atoms with Crippen LogP contribution in [0.2, 0.25) is 0 Å². The van der Waals surface area contributed by atoms with E-state index < -0.39 is 23.4 Å². The van der Waals surface area contributed by atoms with Gasteiger partial charge in [-0.05, 0) is 80.4 Å². The molecule has 0 bridgehead atoms. The van der Waals surface area contributed by atoms with E-state index in [0.29, 0.717) is 24.2 Å². The van der Waals surface area contributed by atoms with E-state index in [1.54, 1.807) is 34.8 Å². The molecule has 0 radical (unpaired) electrons. The van der Waals surface area contributed by atoms with Gasteiger partial charge in [0.2, 0.25) is 11.6 Å². The van der Waals surface area contributed by atoms with Gasteiger partial charge >= 0.3 is 0 Å². The Morgan fingerprint density at radius 2 is 1.10 bits per heavy atom. The second kappa shape index (κ2) is 12.1. The number of hydrogen-bond donors (Lipinski definition) is 2. The van der Waals surface area contributed by atoms with Crippen LogP contribution in [0.5, 0.6) is 0 Å². The normalized spacial score (nSPS) is 13.3. The van der Waals surface area contributed by atoms with Crippen LogP contribution in [0.25, 0.3) is 31.3 Å². The van der Waals surface area contributed by atoms with Crippen molar-refractivity contribution >= 4 is 77.4 Å². The first-order valence-corrected chi connectivity index (χ1v) is 15.8. The van der Waals surface area contributed by atoms with Crippen LogP contribution in [0.4, 0.5) is 0 Å². The third-order valence-corrected chi connectivity index (χ3v) is 9.70. The van der Waals surface area contributed by atoms with Crippen LogP contribution < -0.4 is 10.6 Å². The summed E-state index contributed by atoms with van der Waals surface area (Å²) in [6.45, 7) is 9.11. The molecule has 8 heteroatoms. The second-order valence-corrected chi connectivity index (χ2v) is 13.0. The average molecular weight is 587 g/mol. The number of amides is 2. The van der Waals surface area contributed by atoms with E-state index in [9.17, 15) is 19.2 Å². The molecule has 4 aromatic rings. The number of nitrogens with one attached hydrogen (secondary N) is 2. The lowest BCUT2D eigenvalue weighted by Gasteiger charge is -2.11. The molecule has 5 rings (SSSR count). The fraction of sp³-hybridized carbons (Fsp3) is 0.333. The van der Waals surface area contributed by atoms with Gasteiger partial charge in [-0.15, -0.1) is 22.7 Å². The maximum Gasteiger partial charge on any atom is 0.292 e. The predicted molar refractivity (Wildman–Crippen MR) is 169 cm³/mol. The van der Waals surface area contributed by atoms with Crippen LogP contribution in [-0.2, 0) is 9.59 Å². The molecule has 6 nitrogen and oxygen atoms in total. The highest BCUT2D eigenvalue weighted by atomic mass is 32.1. The van der Waals surface area contributed by atoms with E-state index in [2.05, 4.69) is 24.5 Å². The van der Waals surface area contributed by atoms with Gasteiger partial charge in [0, 0.05) is 54.1 Å². The van der Waals surface area contributed by atoms with E-state index in [1.807, 2.05) is 38.1 Å². The number of Topliss-reactive ketones (excluding diaryl/α,β-unsaturated/α-hetero) is 2. The Bertz CT molecular complexity index is 1610. The summed E-state index contributed by atoms with van der Waals surface area (Å²) in [5.41, 5.74) is 5.93. The van der Waals surface area contributed by atoms with Crippen LogP contribution in [-0.4, -0.2) is 36.5 Å². The minimum Gasteiger partial charge on any atom is -0.349 e.